The van der Waals surface area contributed by atoms with Crippen molar-refractivity contribution in [3.63, 3.8) is 0 Å². The number of carbonyl (C=O) groups is 1. The van der Waals surface area contributed by atoms with Crippen LogP contribution in [0.25, 0.3) is 0 Å². The number of aryl methyl sites for hydroxylation is 2. The fourth-order valence-corrected chi connectivity index (χ4v) is 4.20. The Bertz CT molecular complexity index is 795. The third-order valence-corrected chi connectivity index (χ3v) is 5.74. The number of hydrogen-bond acceptors (Lipinski definition) is 6. The molecule has 0 aromatic carbocycles. The van der Waals surface area contributed by atoms with Gasteiger partial charge in [-0.15, -0.1) is 0 Å². The number of H-pyrrole nitrogens is 1. The normalized spacial score (nSPS) is 24.4. The van der Waals surface area contributed by atoms with E-state index in [0.717, 1.165) is 62.1 Å². The average Bonchev–Trinajstić information content (AvgIpc) is 3.31. The van der Waals surface area contributed by atoms with E-state index in [1.54, 1.807) is 0 Å². The largest absolute Gasteiger partial charge is 0.465 e. The van der Waals surface area contributed by atoms with Crippen molar-refractivity contribution >= 4 is 5.91 Å². The van der Waals surface area contributed by atoms with Gasteiger partial charge >= 0.3 is 0 Å². The monoisotopic (exact) mass is 387 g/mol. The van der Waals surface area contributed by atoms with E-state index < -0.39 is 0 Å². The fourth-order valence-electron chi connectivity index (χ4n) is 4.20. The molecule has 2 aliphatic heterocycles. The quantitative estimate of drug-likeness (QED) is 0.814. The molecule has 0 radical (unpaired) electrons. The SMILES string of the molecule is Cc1nc([C@H]2CCN(Cc3ccc(C)o3)C[C@H]2NC(=O)C2CCOCC2)n[nH]1. The minimum absolute atomic E-state index is 0.0182. The van der Waals surface area contributed by atoms with E-state index in [1.165, 1.54) is 0 Å². The van der Waals surface area contributed by atoms with Crippen LogP contribution >= 0.6 is 0 Å². The van der Waals surface area contributed by atoms with Crippen LogP contribution in [0.15, 0.2) is 16.5 Å². The van der Waals surface area contributed by atoms with Crippen LogP contribution in [0.1, 0.15) is 48.3 Å². The Morgan fingerprint density at radius 2 is 2.11 bits per heavy atom. The maximum Gasteiger partial charge on any atom is 0.223 e. The maximum absolute atomic E-state index is 12.9. The predicted octanol–water partition coefficient (Wildman–Crippen LogP) is 1.92. The highest BCUT2D eigenvalue weighted by Gasteiger charge is 2.35. The number of ether oxygens (including phenoxy) is 1. The first-order valence-corrected chi connectivity index (χ1v) is 10.1. The Morgan fingerprint density at radius 1 is 1.29 bits per heavy atom. The van der Waals surface area contributed by atoms with Crippen LogP contribution in [0.2, 0.25) is 0 Å². The molecule has 4 rings (SSSR count). The number of aromatic nitrogens is 3. The first kappa shape index (κ1) is 19.1. The molecule has 4 heterocycles. The van der Waals surface area contributed by atoms with Crippen molar-refractivity contribution in [3.8, 4) is 0 Å². The molecule has 2 atom stereocenters. The van der Waals surface area contributed by atoms with Gasteiger partial charge in [0.2, 0.25) is 5.91 Å². The van der Waals surface area contributed by atoms with E-state index in [1.807, 2.05) is 26.0 Å². The third-order valence-electron chi connectivity index (χ3n) is 5.74. The molecule has 2 aromatic heterocycles. The summed E-state index contributed by atoms with van der Waals surface area (Å²) in [7, 11) is 0. The van der Waals surface area contributed by atoms with Crippen LogP contribution in [0.5, 0.6) is 0 Å². The van der Waals surface area contributed by atoms with Crippen molar-refractivity contribution in [1.29, 1.82) is 0 Å². The lowest BCUT2D eigenvalue weighted by Gasteiger charge is -2.38. The zero-order valence-corrected chi connectivity index (χ0v) is 16.6. The van der Waals surface area contributed by atoms with Crippen molar-refractivity contribution in [2.24, 2.45) is 5.92 Å². The molecule has 0 unspecified atom stereocenters. The lowest BCUT2D eigenvalue weighted by Crippen LogP contribution is -2.53. The number of nitrogens with zero attached hydrogens (tertiary/aromatic N) is 3. The first-order valence-electron chi connectivity index (χ1n) is 10.1. The number of hydrogen-bond donors (Lipinski definition) is 2. The smallest absolute Gasteiger partial charge is 0.223 e. The van der Waals surface area contributed by atoms with Gasteiger partial charge in [-0.25, -0.2) is 4.98 Å². The van der Waals surface area contributed by atoms with Crippen LogP contribution < -0.4 is 5.32 Å². The number of nitrogens with one attached hydrogen (secondary N) is 2. The van der Waals surface area contributed by atoms with Gasteiger partial charge in [0.1, 0.15) is 17.3 Å². The molecular weight excluding hydrogens is 358 g/mol. The van der Waals surface area contributed by atoms with Gasteiger partial charge in [-0.2, -0.15) is 5.10 Å². The summed E-state index contributed by atoms with van der Waals surface area (Å²) in [6.45, 7) is 7.61. The van der Waals surface area contributed by atoms with Crippen LogP contribution in [-0.4, -0.2) is 58.3 Å². The standard InChI is InChI=1S/C20H29N5O3/c1-13-3-4-16(28-13)11-25-8-5-17(19-21-14(2)23-24-19)18(12-25)22-20(26)15-6-9-27-10-7-15/h3-4,15,17-18H,5-12H2,1-2H3,(H,22,26)(H,21,23,24)/t17-,18+/m0/s1. The van der Waals surface area contributed by atoms with E-state index in [4.69, 9.17) is 9.15 Å². The average molecular weight is 387 g/mol. The van der Waals surface area contributed by atoms with Crippen LogP contribution in [0.4, 0.5) is 0 Å². The number of furan rings is 1. The number of rotatable bonds is 5. The van der Waals surface area contributed by atoms with Gasteiger partial charge in [-0.1, -0.05) is 0 Å². The van der Waals surface area contributed by atoms with E-state index in [9.17, 15) is 4.79 Å². The summed E-state index contributed by atoms with van der Waals surface area (Å²) in [4.78, 5) is 19.7. The summed E-state index contributed by atoms with van der Waals surface area (Å²) in [6, 6.07) is 3.99. The van der Waals surface area contributed by atoms with Gasteiger partial charge in [0.05, 0.1) is 12.6 Å². The summed E-state index contributed by atoms with van der Waals surface area (Å²) in [6.07, 6.45) is 2.48. The van der Waals surface area contributed by atoms with Gasteiger partial charge in [0.15, 0.2) is 5.82 Å². The number of aromatic amines is 1. The zero-order valence-electron chi connectivity index (χ0n) is 16.6. The molecule has 0 spiro atoms. The van der Waals surface area contributed by atoms with Crippen LogP contribution in [-0.2, 0) is 16.1 Å². The molecule has 152 valence electrons. The fraction of sp³-hybridized carbons (Fsp3) is 0.650. The summed E-state index contributed by atoms with van der Waals surface area (Å²) < 4.78 is 11.1. The molecule has 2 aliphatic rings. The summed E-state index contributed by atoms with van der Waals surface area (Å²) in [5.41, 5.74) is 0. The van der Waals surface area contributed by atoms with Crippen molar-refractivity contribution in [3.05, 3.63) is 35.3 Å². The van der Waals surface area contributed by atoms with Gasteiger partial charge in [-0.05, 0) is 51.8 Å². The summed E-state index contributed by atoms with van der Waals surface area (Å²) in [5, 5.41) is 10.6. The van der Waals surface area contributed by atoms with Crippen LogP contribution in [0.3, 0.4) is 0 Å². The molecule has 2 saturated heterocycles. The van der Waals surface area contributed by atoms with E-state index in [-0.39, 0.29) is 23.8 Å². The van der Waals surface area contributed by atoms with E-state index >= 15 is 0 Å². The van der Waals surface area contributed by atoms with Gasteiger partial charge in [0.25, 0.3) is 0 Å². The first-order chi connectivity index (χ1) is 13.6. The second-order valence-corrected chi connectivity index (χ2v) is 7.92. The van der Waals surface area contributed by atoms with Crippen LogP contribution in [0, 0.1) is 19.8 Å². The van der Waals surface area contributed by atoms with E-state index in [0.29, 0.717) is 13.2 Å². The third kappa shape index (κ3) is 4.44. The second-order valence-electron chi connectivity index (χ2n) is 7.92. The molecule has 0 saturated carbocycles. The van der Waals surface area contributed by atoms with Gasteiger partial charge in [-0.3, -0.25) is 14.8 Å². The minimum atomic E-state index is -0.0182. The molecule has 8 heteroatoms. The number of amides is 1. The lowest BCUT2D eigenvalue weighted by molar-refractivity contribution is -0.129. The Morgan fingerprint density at radius 3 is 2.79 bits per heavy atom. The molecule has 2 aromatic rings. The molecule has 1 amide bonds. The predicted molar refractivity (Wildman–Crippen MR) is 103 cm³/mol. The van der Waals surface area contributed by atoms with Crippen molar-refractivity contribution in [2.45, 2.75) is 51.6 Å². The molecule has 2 fully saturated rings. The van der Waals surface area contributed by atoms with Gasteiger partial charge in [0, 0.05) is 31.6 Å². The Hall–Kier alpha value is -2.19. The number of carbonyl (C=O) groups excluding carboxylic acids is 1. The van der Waals surface area contributed by atoms with E-state index in [2.05, 4.69) is 25.4 Å². The van der Waals surface area contributed by atoms with Crippen molar-refractivity contribution in [2.75, 3.05) is 26.3 Å². The van der Waals surface area contributed by atoms with Crippen molar-refractivity contribution < 1.29 is 13.9 Å². The molecule has 8 nitrogen and oxygen atoms in total. The lowest BCUT2D eigenvalue weighted by atomic mass is 9.89. The molecule has 2 N–H and O–H groups in total. The molecule has 0 aliphatic carbocycles. The summed E-state index contributed by atoms with van der Waals surface area (Å²) in [5.74, 6) is 3.75. The molecule has 0 bridgehead atoms. The number of piperidine rings is 1. The minimum Gasteiger partial charge on any atom is -0.465 e. The van der Waals surface area contributed by atoms with Gasteiger partial charge < -0.3 is 14.5 Å². The Balaban J connectivity index is 1.46. The highest BCUT2D eigenvalue weighted by atomic mass is 16.5. The highest BCUT2D eigenvalue weighted by Crippen LogP contribution is 2.28. The van der Waals surface area contributed by atoms with Crippen molar-refractivity contribution in [1.82, 2.24) is 25.4 Å². The molecular formula is C20H29N5O3. The second kappa shape index (κ2) is 8.45. The zero-order chi connectivity index (χ0) is 19.5. The summed E-state index contributed by atoms with van der Waals surface area (Å²) >= 11 is 0. The highest BCUT2D eigenvalue weighted by molar-refractivity contribution is 5.79. The Kier molecular flexibility index (Phi) is 5.77. The maximum atomic E-state index is 12.9. The Labute approximate surface area is 165 Å². The molecule has 28 heavy (non-hydrogen) atoms. The number of likely N-dealkylation sites (tertiary alicyclic amines) is 1. The topological polar surface area (TPSA) is 96.3 Å².